The van der Waals surface area contributed by atoms with E-state index in [1.165, 1.54) is 0 Å². The highest BCUT2D eigenvalue weighted by atomic mass is 16.4. The molecule has 0 aromatic rings. The maximum Gasteiger partial charge on any atom is 0.326 e. The molecule has 33 heavy (non-hydrogen) atoms. The third-order valence-corrected chi connectivity index (χ3v) is 4.91. The van der Waals surface area contributed by atoms with Crippen LogP contribution in [0.15, 0.2) is 0 Å². The molecule has 1 fully saturated rings. The lowest BCUT2D eigenvalue weighted by Gasteiger charge is -2.28. The lowest BCUT2D eigenvalue weighted by Crippen LogP contribution is -2.58. The molecule has 184 valence electrons. The highest BCUT2D eigenvalue weighted by Gasteiger charge is 2.39. The smallest absolute Gasteiger partial charge is 0.326 e. The Hall–Kier alpha value is -3.75. The first-order valence-electron chi connectivity index (χ1n) is 10.1. The van der Waals surface area contributed by atoms with Gasteiger partial charge in [-0.1, -0.05) is 0 Å². The van der Waals surface area contributed by atoms with Crippen LogP contribution in [-0.2, 0) is 33.6 Å². The average molecular weight is 471 g/mol. The number of likely N-dealkylation sites (tertiary alicyclic amines) is 1. The summed E-state index contributed by atoms with van der Waals surface area (Å²) in [6.45, 7) is 0.102. The molecular formula is C18H29N7O8. The second kappa shape index (κ2) is 12.3. The fourth-order valence-corrected chi connectivity index (χ4v) is 3.30. The number of carbonyl (C=O) groups excluding carboxylic acids is 6. The Morgan fingerprint density at radius 1 is 0.879 bits per heavy atom. The molecule has 0 bridgehead atoms. The summed E-state index contributed by atoms with van der Waals surface area (Å²) in [7, 11) is 0. The second-order valence-corrected chi connectivity index (χ2v) is 7.60. The van der Waals surface area contributed by atoms with E-state index in [2.05, 4.69) is 10.6 Å². The van der Waals surface area contributed by atoms with Gasteiger partial charge in [-0.15, -0.1) is 0 Å². The van der Waals surface area contributed by atoms with Gasteiger partial charge in [-0.2, -0.15) is 0 Å². The average Bonchev–Trinajstić information content (AvgIpc) is 3.18. The molecule has 1 rings (SSSR count). The van der Waals surface area contributed by atoms with Crippen molar-refractivity contribution < 1.29 is 38.7 Å². The van der Waals surface area contributed by atoms with Crippen molar-refractivity contribution in [1.29, 1.82) is 0 Å². The summed E-state index contributed by atoms with van der Waals surface area (Å²) >= 11 is 0. The second-order valence-electron chi connectivity index (χ2n) is 7.60. The van der Waals surface area contributed by atoms with Gasteiger partial charge in [-0.25, -0.2) is 4.79 Å². The molecule has 15 nitrogen and oxygen atoms in total. The molecule has 1 aliphatic rings. The number of hydrogen-bond acceptors (Lipinski definition) is 8. The number of carbonyl (C=O) groups is 7. The van der Waals surface area contributed by atoms with Gasteiger partial charge in [0.2, 0.25) is 35.4 Å². The molecule has 1 saturated heterocycles. The molecule has 6 amide bonds. The minimum Gasteiger partial charge on any atom is -0.480 e. The van der Waals surface area contributed by atoms with Gasteiger partial charge in [0.05, 0.1) is 18.9 Å². The van der Waals surface area contributed by atoms with Crippen molar-refractivity contribution in [3.05, 3.63) is 0 Å². The summed E-state index contributed by atoms with van der Waals surface area (Å²) in [5, 5.41) is 13.8. The monoisotopic (exact) mass is 471 g/mol. The van der Waals surface area contributed by atoms with Crippen molar-refractivity contribution in [2.24, 2.45) is 22.9 Å². The van der Waals surface area contributed by atoms with E-state index >= 15 is 0 Å². The van der Waals surface area contributed by atoms with Crippen LogP contribution in [0.5, 0.6) is 0 Å². The summed E-state index contributed by atoms with van der Waals surface area (Å²) in [5.74, 6) is -6.56. The number of carboxylic acid groups (broad SMARTS) is 1. The Labute approximate surface area is 188 Å². The van der Waals surface area contributed by atoms with E-state index in [4.69, 9.17) is 22.9 Å². The van der Waals surface area contributed by atoms with E-state index in [1.54, 1.807) is 0 Å². The number of rotatable bonds is 13. The molecule has 0 aromatic carbocycles. The zero-order valence-electron chi connectivity index (χ0n) is 17.8. The van der Waals surface area contributed by atoms with Crippen LogP contribution in [0.1, 0.15) is 38.5 Å². The zero-order chi connectivity index (χ0) is 25.3. The van der Waals surface area contributed by atoms with E-state index in [0.717, 1.165) is 4.90 Å². The van der Waals surface area contributed by atoms with Gasteiger partial charge >= 0.3 is 5.97 Å². The lowest BCUT2D eigenvalue weighted by atomic mass is 10.1. The Kier molecular flexibility index (Phi) is 10.2. The maximum atomic E-state index is 12.9. The molecule has 1 heterocycles. The van der Waals surface area contributed by atoms with Gasteiger partial charge in [0.25, 0.3) is 0 Å². The largest absolute Gasteiger partial charge is 0.480 e. The minimum atomic E-state index is -1.51. The SMILES string of the molecule is NC(=O)CCC(NC(=O)C(N)CC(N)=O)C(=O)NC(CC(N)=O)C(=O)N1CCCC1C(=O)O. The molecule has 4 unspecified atom stereocenters. The third kappa shape index (κ3) is 8.72. The standard InChI is InChI=1S/C18H29N7O8/c19-8(6-13(21)27)15(29)23-9(3-4-12(20)26)16(30)24-10(7-14(22)28)17(31)25-5-1-2-11(25)18(32)33/h8-11H,1-7,19H2,(H2,20,26)(H2,21,27)(H2,22,28)(H,23,29)(H,24,30)(H,32,33). The van der Waals surface area contributed by atoms with Gasteiger partial charge in [0, 0.05) is 13.0 Å². The number of aliphatic carboxylic acids is 1. The van der Waals surface area contributed by atoms with Crippen molar-refractivity contribution in [3.63, 3.8) is 0 Å². The molecule has 0 radical (unpaired) electrons. The number of primary amides is 3. The maximum absolute atomic E-state index is 12.9. The normalized spacial score (nSPS) is 18.0. The van der Waals surface area contributed by atoms with Gasteiger partial charge in [0.15, 0.2) is 0 Å². The Balaban J connectivity index is 3.03. The fraction of sp³-hybridized carbons (Fsp3) is 0.611. The Morgan fingerprint density at radius 3 is 1.97 bits per heavy atom. The molecule has 11 N–H and O–H groups in total. The third-order valence-electron chi connectivity index (χ3n) is 4.91. The minimum absolute atomic E-state index is 0.102. The van der Waals surface area contributed by atoms with Crippen LogP contribution >= 0.6 is 0 Å². The molecule has 0 aromatic heterocycles. The van der Waals surface area contributed by atoms with Crippen molar-refractivity contribution in [2.45, 2.75) is 62.7 Å². The van der Waals surface area contributed by atoms with E-state index in [0.29, 0.717) is 6.42 Å². The number of amides is 6. The molecule has 1 aliphatic heterocycles. The topological polar surface area (TPSA) is 271 Å². The van der Waals surface area contributed by atoms with Crippen LogP contribution in [0.3, 0.4) is 0 Å². The molecule has 0 aliphatic carbocycles. The predicted octanol–water partition coefficient (Wildman–Crippen LogP) is -4.62. The first-order valence-corrected chi connectivity index (χ1v) is 10.1. The van der Waals surface area contributed by atoms with E-state index < -0.39 is 78.4 Å². The summed E-state index contributed by atoms with van der Waals surface area (Å²) < 4.78 is 0. The number of carboxylic acids is 1. The molecule has 0 saturated carbocycles. The number of nitrogens with two attached hydrogens (primary N) is 4. The van der Waals surface area contributed by atoms with Crippen LogP contribution in [0.4, 0.5) is 0 Å². The van der Waals surface area contributed by atoms with Gasteiger partial charge in [0.1, 0.15) is 18.1 Å². The summed E-state index contributed by atoms with van der Waals surface area (Å²) in [6, 6.07) is -5.43. The van der Waals surface area contributed by atoms with E-state index in [9.17, 15) is 38.7 Å². The molecular weight excluding hydrogens is 442 g/mol. The first-order chi connectivity index (χ1) is 15.3. The highest BCUT2D eigenvalue weighted by Crippen LogP contribution is 2.19. The van der Waals surface area contributed by atoms with Crippen LogP contribution in [0.25, 0.3) is 0 Å². The van der Waals surface area contributed by atoms with Crippen molar-refractivity contribution in [1.82, 2.24) is 15.5 Å². The first kappa shape index (κ1) is 27.3. The summed E-state index contributed by atoms with van der Waals surface area (Å²) in [4.78, 5) is 83.9. The van der Waals surface area contributed by atoms with Crippen molar-refractivity contribution >= 4 is 41.4 Å². The summed E-state index contributed by atoms with van der Waals surface area (Å²) in [6.07, 6.45) is -1.14. The van der Waals surface area contributed by atoms with Gasteiger partial charge < -0.3 is 43.6 Å². The number of hydrogen-bond donors (Lipinski definition) is 7. The molecule has 0 spiro atoms. The van der Waals surface area contributed by atoms with E-state index in [1.807, 2.05) is 0 Å². The Morgan fingerprint density at radius 2 is 1.45 bits per heavy atom. The van der Waals surface area contributed by atoms with Gasteiger partial charge in [-0.3, -0.25) is 28.8 Å². The van der Waals surface area contributed by atoms with Crippen LogP contribution < -0.4 is 33.6 Å². The van der Waals surface area contributed by atoms with Crippen molar-refractivity contribution in [2.75, 3.05) is 6.54 Å². The highest BCUT2D eigenvalue weighted by molar-refractivity contribution is 5.97. The van der Waals surface area contributed by atoms with Crippen molar-refractivity contribution in [3.8, 4) is 0 Å². The van der Waals surface area contributed by atoms with E-state index in [-0.39, 0.29) is 25.8 Å². The number of nitrogens with one attached hydrogen (secondary N) is 2. The Bertz CT molecular complexity index is 818. The van der Waals surface area contributed by atoms with Gasteiger partial charge in [-0.05, 0) is 19.3 Å². The van der Waals surface area contributed by atoms with Crippen LogP contribution in [-0.4, -0.2) is 82.1 Å². The number of nitrogens with zero attached hydrogens (tertiary/aromatic N) is 1. The molecule has 4 atom stereocenters. The fourth-order valence-electron chi connectivity index (χ4n) is 3.30. The lowest BCUT2D eigenvalue weighted by molar-refractivity contribution is -0.149. The zero-order valence-corrected chi connectivity index (χ0v) is 17.8. The molecule has 15 heteroatoms. The van der Waals surface area contributed by atoms with Crippen LogP contribution in [0, 0.1) is 0 Å². The summed E-state index contributed by atoms with van der Waals surface area (Å²) in [5.41, 5.74) is 20.8. The van der Waals surface area contributed by atoms with Crippen LogP contribution in [0.2, 0.25) is 0 Å². The quantitative estimate of drug-likeness (QED) is 0.136. The predicted molar refractivity (Wildman–Crippen MR) is 110 cm³/mol.